The van der Waals surface area contributed by atoms with Gasteiger partial charge >= 0.3 is 0 Å². The third kappa shape index (κ3) is 6.42. The average molecular weight is 270 g/mol. The molecule has 0 amide bonds. The first-order valence-electron chi connectivity index (χ1n) is 6.31. The number of phenolic OH excluding ortho intramolecular Hbond substituents is 1. The molecule has 0 saturated heterocycles. The first kappa shape index (κ1) is 15.8. The van der Waals surface area contributed by atoms with Crippen molar-refractivity contribution < 1.29 is 24.1 Å². The standard InChI is InChI=1S/C14H22O5/c1-12-13(15)4-3-5-14(12)19-11-10-18-9-8-17-7-6-16-2/h3-5,15H,6-11H2,1-2H3. The van der Waals surface area contributed by atoms with E-state index in [1.807, 2.05) is 13.0 Å². The summed E-state index contributed by atoms with van der Waals surface area (Å²) in [4.78, 5) is 0. The summed E-state index contributed by atoms with van der Waals surface area (Å²) in [6.45, 7) is 5.01. The second-order valence-corrected chi connectivity index (χ2v) is 3.97. The topological polar surface area (TPSA) is 57.2 Å². The maximum atomic E-state index is 9.51. The summed E-state index contributed by atoms with van der Waals surface area (Å²) in [6.07, 6.45) is 0. The largest absolute Gasteiger partial charge is 0.508 e. The first-order chi connectivity index (χ1) is 9.25. The van der Waals surface area contributed by atoms with Crippen molar-refractivity contribution in [3.05, 3.63) is 23.8 Å². The summed E-state index contributed by atoms with van der Waals surface area (Å²) in [5, 5.41) is 9.51. The molecule has 0 unspecified atom stereocenters. The molecule has 1 rings (SSSR count). The monoisotopic (exact) mass is 270 g/mol. The van der Waals surface area contributed by atoms with E-state index in [9.17, 15) is 5.11 Å². The van der Waals surface area contributed by atoms with Crippen LogP contribution in [0.4, 0.5) is 0 Å². The number of ether oxygens (including phenoxy) is 4. The molecule has 0 fully saturated rings. The molecule has 0 aliphatic carbocycles. The van der Waals surface area contributed by atoms with Crippen LogP contribution in [-0.4, -0.2) is 51.9 Å². The Labute approximate surface area is 114 Å². The maximum absolute atomic E-state index is 9.51. The molecular weight excluding hydrogens is 248 g/mol. The van der Waals surface area contributed by atoms with Gasteiger partial charge in [0.05, 0.1) is 33.0 Å². The van der Waals surface area contributed by atoms with Crippen LogP contribution in [0, 0.1) is 6.92 Å². The van der Waals surface area contributed by atoms with Gasteiger partial charge in [-0.3, -0.25) is 0 Å². The summed E-state index contributed by atoms with van der Waals surface area (Å²) in [6, 6.07) is 5.21. The van der Waals surface area contributed by atoms with Crippen molar-refractivity contribution in [1.82, 2.24) is 0 Å². The Balaban J connectivity index is 2.03. The zero-order chi connectivity index (χ0) is 13.9. The smallest absolute Gasteiger partial charge is 0.126 e. The summed E-state index contributed by atoms with van der Waals surface area (Å²) in [5.74, 6) is 0.921. The fourth-order valence-electron chi connectivity index (χ4n) is 1.43. The van der Waals surface area contributed by atoms with Crippen molar-refractivity contribution >= 4 is 0 Å². The molecule has 0 aromatic heterocycles. The van der Waals surface area contributed by atoms with Crippen LogP contribution in [-0.2, 0) is 14.2 Å². The van der Waals surface area contributed by atoms with Crippen molar-refractivity contribution in [2.45, 2.75) is 6.92 Å². The first-order valence-corrected chi connectivity index (χ1v) is 6.31. The van der Waals surface area contributed by atoms with E-state index >= 15 is 0 Å². The number of methoxy groups -OCH3 is 1. The lowest BCUT2D eigenvalue weighted by atomic mass is 10.2. The van der Waals surface area contributed by atoms with Crippen LogP contribution in [0.5, 0.6) is 11.5 Å². The summed E-state index contributed by atoms with van der Waals surface area (Å²) in [5.41, 5.74) is 0.741. The predicted molar refractivity (Wildman–Crippen MR) is 71.9 cm³/mol. The van der Waals surface area contributed by atoms with E-state index in [4.69, 9.17) is 18.9 Å². The van der Waals surface area contributed by atoms with Gasteiger partial charge in [0.2, 0.25) is 0 Å². The van der Waals surface area contributed by atoms with E-state index in [-0.39, 0.29) is 5.75 Å². The quantitative estimate of drug-likeness (QED) is 0.656. The fourth-order valence-corrected chi connectivity index (χ4v) is 1.43. The van der Waals surface area contributed by atoms with Crippen molar-refractivity contribution in [1.29, 1.82) is 0 Å². The Morgan fingerprint density at radius 3 is 2.26 bits per heavy atom. The van der Waals surface area contributed by atoms with Crippen molar-refractivity contribution in [2.24, 2.45) is 0 Å². The summed E-state index contributed by atoms with van der Waals surface area (Å²) in [7, 11) is 1.64. The molecule has 0 spiro atoms. The van der Waals surface area contributed by atoms with Crippen LogP contribution in [0.3, 0.4) is 0 Å². The molecule has 0 aliphatic rings. The lowest BCUT2D eigenvalue weighted by molar-refractivity contribution is 0.0179. The normalized spacial score (nSPS) is 10.6. The molecule has 19 heavy (non-hydrogen) atoms. The third-order valence-electron chi connectivity index (χ3n) is 2.54. The van der Waals surface area contributed by atoms with Gasteiger partial charge < -0.3 is 24.1 Å². The number of phenols is 1. The van der Waals surface area contributed by atoms with E-state index in [0.29, 0.717) is 45.4 Å². The molecule has 0 atom stereocenters. The molecule has 0 saturated carbocycles. The van der Waals surface area contributed by atoms with E-state index in [0.717, 1.165) is 5.56 Å². The number of rotatable bonds is 10. The summed E-state index contributed by atoms with van der Waals surface area (Å²) >= 11 is 0. The van der Waals surface area contributed by atoms with Crippen molar-refractivity contribution in [3.63, 3.8) is 0 Å². The Bertz CT molecular complexity index is 354. The van der Waals surface area contributed by atoms with E-state index in [2.05, 4.69) is 0 Å². The molecule has 1 aromatic rings. The highest BCUT2D eigenvalue weighted by molar-refractivity contribution is 5.42. The molecular formula is C14H22O5. The molecule has 0 aliphatic heterocycles. The van der Waals surface area contributed by atoms with Crippen LogP contribution in [0.25, 0.3) is 0 Å². The van der Waals surface area contributed by atoms with Gasteiger partial charge in [0.15, 0.2) is 0 Å². The Morgan fingerprint density at radius 1 is 0.947 bits per heavy atom. The SMILES string of the molecule is COCCOCCOCCOc1cccc(O)c1C. The van der Waals surface area contributed by atoms with Crippen LogP contribution in [0.2, 0.25) is 0 Å². The van der Waals surface area contributed by atoms with Crippen LogP contribution >= 0.6 is 0 Å². The summed E-state index contributed by atoms with van der Waals surface area (Å²) < 4.78 is 21.0. The van der Waals surface area contributed by atoms with Crippen molar-refractivity contribution in [3.8, 4) is 11.5 Å². The molecule has 108 valence electrons. The third-order valence-corrected chi connectivity index (χ3v) is 2.54. The minimum absolute atomic E-state index is 0.241. The van der Waals surface area contributed by atoms with E-state index in [1.54, 1.807) is 19.2 Å². The van der Waals surface area contributed by atoms with Gasteiger partial charge in [-0.05, 0) is 19.1 Å². The second kappa shape index (κ2) is 9.61. The van der Waals surface area contributed by atoms with Crippen molar-refractivity contribution in [2.75, 3.05) is 46.8 Å². The molecule has 5 nitrogen and oxygen atoms in total. The predicted octanol–water partition coefficient (Wildman–Crippen LogP) is 1.76. The van der Waals surface area contributed by atoms with Crippen LogP contribution < -0.4 is 4.74 Å². The minimum Gasteiger partial charge on any atom is -0.508 e. The Kier molecular flexibility index (Phi) is 7.97. The molecule has 1 N–H and O–H groups in total. The zero-order valence-corrected chi connectivity index (χ0v) is 11.6. The van der Waals surface area contributed by atoms with Gasteiger partial charge in [-0.2, -0.15) is 0 Å². The van der Waals surface area contributed by atoms with E-state index in [1.165, 1.54) is 0 Å². The zero-order valence-electron chi connectivity index (χ0n) is 11.6. The van der Waals surface area contributed by atoms with Gasteiger partial charge in [-0.25, -0.2) is 0 Å². The average Bonchev–Trinajstić information content (AvgIpc) is 2.41. The number of hydrogen-bond donors (Lipinski definition) is 1. The highest BCUT2D eigenvalue weighted by Crippen LogP contribution is 2.25. The van der Waals surface area contributed by atoms with Gasteiger partial charge in [0.25, 0.3) is 0 Å². The van der Waals surface area contributed by atoms with Gasteiger partial charge in [-0.15, -0.1) is 0 Å². The number of aromatic hydroxyl groups is 1. The van der Waals surface area contributed by atoms with Crippen LogP contribution in [0.15, 0.2) is 18.2 Å². The second-order valence-electron chi connectivity index (χ2n) is 3.97. The lowest BCUT2D eigenvalue weighted by Gasteiger charge is -2.10. The fraction of sp³-hybridized carbons (Fsp3) is 0.571. The molecule has 0 heterocycles. The Hall–Kier alpha value is -1.30. The Morgan fingerprint density at radius 2 is 1.58 bits per heavy atom. The van der Waals surface area contributed by atoms with E-state index < -0.39 is 0 Å². The lowest BCUT2D eigenvalue weighted by Crippen LogP contribution is -2.12. The minimum atomic E-state index is 0.241. The number of benzene rings is 1. The highest BCUT2D eigenvalue weighted by atomic mass is 16.6. The maximum Gasteiger partial charge on any atom is 0.126 e. The highest BCUT2D eigenvalue weighted by Gasteiger charge is 2.02. The molecule has 5 heteroatoms. The van der Waals surface area contributed by atoms with Gasteiger partial charge in [0.1, 0.15) is 18.1 Å². The van der Waals surface area contributed by atoms with Gasteiger partial charge in [-0.1, -0.05) is 6.07 Å². The molecule has 0 radical (unpaired) electrons. The van der Waals surface area contributed by atoms with Crippen LogP contribution in [0.1, 0.15) is 5.56 Å². The molecule has 0 bridgehead atoms. The van der Waals surface area contributed by atoms with Gasteiger partial charge in [0, 0.05) is 12.7 Å². The number of hydrogen-bond acceptors (Lipinski definition) is 5. The molecule has 1 aromatic carbocycles.